The van der Waals surface area contributed by atoms with Gasteiger partial charge in [-0.05, 0) is 42.8 Å². The smallest absolute Gasteiger partial charge is 0.256 e. The molecule has 0 atom stereocenters. The van der Waals surface area contributed by atoms with E-state index in [1.165, 1.54) is 18.2 Å². The van der Waals surface area contributed by atoms with Gasteiger partial charge in [0, 0.05) is 39.0 Å². The van der Waals surface area contributed by atoms with Gasteiger partial charge in [0.2, 0.25) is 5.91 Å². The Balaban J connectivity index is 1.32. The number of carbonyl (C=O) groups excluding carboxylic acids is 2. The van der Waals surface area contributed by atoms with Crippen molar-refractivity contribution in [2.45, 2.75) is 19.3 Å². The zero-order valence-corrected chi connectivity index (χ0v) is 17.6. The molecule has 0 radical (unpaired) electrons. The maximum atomic E-state index is 14.0. The van der Waals surface area contributed by atoms with Crippen LogP contribution in [0, 0.1) is 11.6 Å². The van der Waals surface area contributed by atoms with Crippen molar-refractivity contribution in [3.63, 3.8) is 0 Å². The van der Waals surface area contributed by atoms with Gasteiger partial charge in [-0.3, -0.25) is 9.59 Å². The molecule has 0 N–H and O–H groups in total. The molecule has 2 amide bonds. The highest BCUT2D eigenvalue weighted by atomic mass is 19.1. The summed E-state index contributed by atoms with van der Waals surface area (Å²) in [5, 5.41) is 0. The van der Waals surface area contributed by atoms with Crippen molar-refractivity contribution < 1.29 is 22.8 Å². The van der Waals surface area contributed by atoms with Crippen LogP contribution in [0.3, 0.4) is 0 Å². The average molecular weight is 438 g/mol. The highest BCUT2D eigenvalue weighted by molar-refractivity contribution is 5.94. The normalized spacial score (nSPS) is 14.3. The molecule has 3 aromatic rings. The monoisotopic (exact) mass is 438 g/mol. The fraction of sp³-hybridized carbons (Fsp3) is 0.280. The average Bonchev–Trinajstić information content (AvgIpc) is 3.13. The molecule has 2 heterocycles. The van der Waals surface area contributed by atoms with Crippen LogP contribution in [0.4, 0.5) is 8.78 Å². The molecule has 0 aliphatic carbocycles. The number of aryl methyl sites for hydroxylation is 1. The molecule has 7 heteroatoms. The van der Waals surface area contributed by atoms with E-state index in [2.05, 4.69) is 0 Å². The third-order valence-corrected chi connectivity index (χ3v) is 5.63. The first-order valence-corrected chi connectivity index (χ1v) is 10.7. The largest absolute Gasteiger partial charge is 0.461 e. The van der Waals surface area contributed by atoms with Crippen molar-refractivity contribution in [1.82, 2.24) is 9.80 Å². The second kappa shape index (κ2) is 9.77. The Kier molecular flexibility index (Phi) is 6.63. The SMILES string of the molecule is O=C(CCc1ccc(-c2ccccc2F)o1)N1CCCN(C(=O)c2ccccc2F)CC1. The molecule has 1 aliphatic rings. The van der Waals surface area contributed by atoms with E-state index >= 15 is 0 Å². The molecule has 32 heavy (non-hydrogen) atoms. The number of benzene rings is 2. The van der Waals surface area contributed by atoms with Crippen LogP contribution in [0.15, 0.2) is 65.1 Å². The summed E-state index contributed by atoms with van der Waals surface area (Å²) in [5.41, 5.74) is 0.438. The number of hydrogen-bond donors (Lipinski definition) is 0. The molecule has 1 saturated heterocycles. The standard InChI is InChI=1S/C25H24F2N2O3/c26-21-8-3-1-6-19(21)23-12-10-18(32-23)11-13-24(30)28-14-5-15-29(17-16-28)25(31)20-7-2-4-9-22(20)27/h1-4,6-10,12H,5,11,13-17H2. The fourth-order valence-corrected chi connectivity index (χ4v) is 3.88. The highest BCUT2D eigenvalue weighted by Crippen LogP contribution is 2.25. The molecule has 1 fully saturated rings. The predicted octanol–water partition coefficient (Wildman–Crippen LogP) is 4.53. The van der Waals surface area contributed by atoms with Gasteiger partial charge in [0.15, 0.2) is 0 Å². The first-order chi connectivity index (χ1) is 15.5. The molecule has 4 rings (SSSR count). The third-order valence-electron chi connectivity index (χ3n) is 5.63. The second-order valence-electron chi connectivity index (χ2n) is 7.75. The molecule has 1 aliphatic heterocycles. The Labute approximate surface area is 185 Å². The Morgan fingerprint density at radius 2 is 1.50 bits per heavy atom. The molecule has 0 bridgehead atoms. The predicted molar refractivity (Wildman–Crippen MR) is 116 cm³/mol. The van der Waals surface area contributed by atoms with Gasteiger partial charge in [-0.25, -0.2) is 8.78 Å². The fourth-order valence-electron chi connectivity index (χ4n) is 3.88. The van der Waals surface area contributed by atoms with E-state index in [0.29, 0.717) is 56.1 Å². The van der Waals surface area contributed by atoms with Gasteiger partial charge in [-0.1, -0.05) is 24.3 Å². The lowest BCUT2D eigenvalue weighted by molar-refractivity contribution is -0.131. The van der Waals surface area contributed by atoms with Crippen LogP contribution in [0.1, 0.15) is 29.0 Å². The van der Waals surface area contributed by atoms with Crippen molar-refractivity contribution >= 4 is 11.8 Å². The molecular weight excluding hydrogens is 414 g/mol. The van der Waals surface area contributed by atoms with E-state index in [4.69, 9.17) is 4.42 Å². The van der Waals surface area contributed by atoms with E-state index in [9.17, 15) is 18.4 Å². The summed E-state index contributed by atoms with van der Waals surface area (Å²) >= 11 is 0. The summed E-state index contributed by atoms with van der Waals surface area (Å²) in [6.45, 7) is 1.77. The summed E-state index contributed by atoms with van der Waals surface area (Å²) in [7, 11) is 0. The summed E-state index contributed by atoms with van der Waals surface area (Å²) in [5.74, 6) is -0.237. The zero-order chi connectivity index (χ0) is 22.5. The van der Waals surface area contributed by atoms with E-state index in [1.807, 2.05) is 0 Å². The minimum absolute atomic E-state index is 0.0333. The van der Waals surface area contributed by atoms with Crippen LogP contribution in [0.5, 0.6) is 0 Å². The quantitative estimate of drug-likeness (QED) is 0.588. The number of hydrogen-bond acceptors (Lipinski definition) is 3. The van der Waals surface area contributed by atoms with Gasteiger partial charge >= 0.3 is 0 Å². The molecule has 0 saturated carbocycles. The van der Waals surface area contributed by atoms with Crippen LogP contribution in [0.2, 0.25) is 0 Å². The van der Waals surface area contributed by atoms with E-state index in [-0.39, 0.29) is 29.6 Å². The molecule has 166 valence electrons. The van der Waals surface area contributed by atoms with E-state index in [1.54, 1.807) is 52.3 Å². The molecule has 1 aromatic heterocycles. The minimum Gasteiger partial charge on any atom is -0.461 e. The number of halogens is 2. The van der Waals surface area contributed by atoms with Gasteiger partial charge in [-0.2, -0.15) is 0 Å². The highest BCUT2D eigenvalue weighted by Gasteiger charge is 2.24. The number of carbonyl (C=O) groups is 2. The van der Waals surface area contributed by atoms with Gasteiger partial charge < -0.3 is 14.2 Å². The van der Waals surface area contributed by atoms with E-state index in [0.717, 1.165) is 0 Å². The van der Waals surface area contributed by atoms with Crippen molar-refractivity contribution in [2.75, 3.05) is 26.2 Å². The Morgan fingerprint density at radius 1 is 0.812 bits per heavy atom. The summed E-state index contributed by atoms with van der Waals surface area (Å²) in [4.78, 5) is 28.7. The lowest BCUT2D eigenvalue weighted by atomic mass is 10.1. The molecule has 0 unspecified atom stereocenters. The van der Waals surface area contributed by atoms with Crippen molar-refractivity contribution in [3.05, 3.63) is 83.6 Å². The first-order valence-electron chi connectivity index (χ1n) is 10.7. The third kappa shape index (κ3) is 4.88. The van der Waals surface area contributed by atoms with Crippen molar-refractivity contribution in [3.8, 4) is 11.3 Å². The number of furan rings is 1. The van der Waals surface area contributed by atoms with Crippen molar-refractivity contribution in [2.24, 2.45) is 0 Å². The second-order valence-corrected chi connectivity index (χ2v) is 7.75. The van der Waals surface area contributed by atoms with Gasteiger partial charge in [0.25, 0.3) is 5.91 Å². The van der Waals surface area contributed by atoms with Crippen LogP contribution in [0.25, 0.3) is 11.3 Å². The lowest BCUT2D eigenvalue weighted by Crippen LogP contribution is -2.37. The minimum atomic E-state index is -0.539. The Hall–Kier alpha value is -3.48. The number of nitrogens with zero attached hydrogens (tertiary/aromatic N) is 2. The molecule has 5 nitrogen and oxygen atoms in total. The number of amides is 2. The summed E-state index contributed by atoms with van der Waals surface area (Å²) in [6, 6.07) is 15.8. The van der Waals surface area contributed by atoms with Crippen molar-refractivity contribution in [1.29, 1.82) is 0 Å². The first kappa shape index (κ1) is 21.7. The summed E-state index contributed by atoms with van der Waals surface area (Å²) in [6.07, 6.45) is 1.29. The van der Waals surface area contributed by atoms with Crippen LogP contribution in [-0.2, 0) is 11.2 Å². The van der Waals surface area contributed by atoms with Gasteiger partial charge in [0.1, 0.15) is 23.2 Å². The molecule has 2 aromatic carbocycles. The zero-order valence-electron chi connectivity index (χ0n) is 17.6. The summed E-state index contributed by atoms with van der Waals surface area (Å²) < 4.78 is 33.6. The Morgan fingerprint density at radius 3 is 2.28 bits per heavy atom. The maximum absolute atomic E-state index is 14.0. The van der Waals surface area contributed by atoms with Crippen LogP contribution in [-0.4, -0.2) is 47.8 Å². The molecular formula is C25H24F2N2O3. The van der Waals surface area contributed by atoms with Gasteiger partial charge in [-0.15, -0.1) is 0 Å². The van der Waals surface area contributed by atoms with Gasteiger partial charge in [0.05, 0.1) is 11.1 Å². The van der Waals surface area contributed by atoms with Crippen LogP contribution >= 0.6 is 0 Å². The maximum Gasteiger partial charge on any atom is 0.256 e. The Bertz CT molecular complexity index is 1110. The van der Waals surface area contributed by atoms with Crippen LogP contribution < -0.4 is 0 Å². The van der Waals surface area contributed by atoms with E-state index < -0.39 is 5.82 Å². The number of rotatable bonds is 5. The topological polar surface area (TPSA) is 53.8 Å². The lowest BCUT2D eigenvalue weighted by Gasteiger charge is -2.22. The molecule has 0 spiro atoms.